The van der Waals surface area contributed by atoms with Crippen LogP contribution in [0, 0.1) is 6.92 Å². The van der Waals surface area contributed by atoms with Crippen LogP contribution in [0.1, 0.15) is 30.3 Å². The average Bonchev–Trinajstić information content (AvgIpc) is 3.12. The molecule has 0 spiro atoms. The standard InChI is InChI=1S/C14H18N4/c1-11-2-4-12(5-3-11)15-9-8-14-17-16-10-18(14)13-6-7-13/h2-5,10,13,15H,6-9H2,1H3. The van der Waals surface area contributed by atoms with Crippen molar-refractivity contribution in [1.82, 2.24) is 14.8 Å². The van der Waals surface area contributed by atoms with Crippen LogP contribution in [0.15, 0.2) is 30.6 Å². The molecule has 18 heavy (non-hydrogen) atoms. The second-order valence-corrected chi connectivity index (χ2v) is 4.93. The van der Waals surface area contributed by atoms with Crippen molar-refractivity contribution >= 4 is 5.69 Å². The van der Waals surface area contributed by atoms with Crippen LogP contribution in [0.3, 0.4) is 0 Å². The quantitative estimate of drug-likeness (QED) is 0.876. The number of nitrogens with one attached hydrogen (secondary N) is 1. The minimum absolute atomic E-state index is 0.661. The predicted octanol–water partition coefficient (Wildman–Crippen LogP) is 2.58. The van der Waals surface area contributed by atoms with Gasteiger partial charge in [-0.05, 0) is 31.9 Å². The van der Waals surface area contributed by atoms with Gasteiger partial charge in [0.1, 0.15) is 12.2 Å². The van der Waals surface area contributed by atoms with E-state index in [1.165, 1.54) is 18.4 Å². The highest BCUT2D eigenvalue weighted by Crippen LogP contribution is 2.35. The zero-order valence-corrected chi connectivity index (χ0v) is 10.6. The van der Waals surface area contributed by atoms with Gasteiger partial charge in [0.2, 0.25) is 0 Å². The Morgan fingerprint density at radius 1 is 1.28 bits per heavy atom. The first-order chi connectivity index (χ1) is 8.83. The van der Waals surface area contributed by atoms with Crippen molar-refractivity contribution in [1.29, 1.82) is 0 Å². The number of aromatic nitrogens is 3. The minimum atomic E-state index is 0.661. The maximum atomic E-state index is 4.20. The van der Waals surface area contributed by atoms with E-state index in [1.807, 2.05) is 6.33 Å². The van der Waals surface area contributed by atoms with Gasteiger partial charge >= 0.3 is 0 Å². The van der Waals surface area contributed by atoms with E-state index < -0.39 is 0 Å². The van der Waals surface area contributed by atoms with Crippen LogP contribution in [0.5, 0.6) is 0 Å². The summed E-state index contributed by atoms with van der Waals surface area (Å²) in [7, 11) is 0. The highest BCUT2D eigenvalue weighted by Gasteiger charge is 2.25. The molecule has 1 aromatic heterocycles. The molecule has 1 fully saturated rings. The summed E-state index contributed by atoms with van der Waals surface area (Å²) in [6.07, 6.45) is 5.33. The molecule has 0 aliphatic heterocycles. The Morgan fingerprint density at radius 2 is 2.06 bits per heavy atom. The van der Waals surface area contributed by atoms with Crippen molar-refractivity contribution in [2.45, 2.75) is 32.2 Å². The van der Waals surface area contributed by atoms with E-state index in [0.717, 1.165) is 24.5 Å². The lowest BCUT2D eigenvalue weighted by atomic mass is 10.2. The highest BCUT2D eigenvalue weighted by molar-refractivity contribution is 5.44. The summed E-state index contributed by atoms with van der Waals surface area (Å²) >= 11 is 0. The van der Waals surface area contributed by atoms with Crippen LogP contribution in [0.4, 0.5) is 5.69 Å². The number of anilines is 1. The first kappa shape index (κ1) is 11.3. The van der Waals surface area contributed by atoms with Gasteiger partial charge in [0.15, 0.2) is 0 Å². The van der Waals surface area contributed by atoms with Gasteiger partial charge in [-0.15, -0.1) is 10.2 Å². The molecule has 0 atom stereocenters. The number of benzene rings is 1. The molecule has 4 heteroatoms. The van der Waals surface area contributed by atoms with E-state index in [9.17, 15) is 0 Å². The molecule has 94 valence electrons. The van der Waals surface area contributed by atoms with Crippen LogP contribution in [0.25, 0.3) is 0 Å². The molecule has 0 bridgehead atoms. The molecule has 1 aliphatic rings. The van der Waals surface area contributed by atoms with Gasteiger partial charge < -0.3 is 9.88 Å². The summed E-state index contributed by atoms with van der Waals surface area (Å²) in [5.41, 5.74) is 2.45. The van der Waals surface area contributed by atoms with Gasteiger partial charge in [0, 0.05) is 24.7 Å². The zero-order chi connectivity index (χ0) is 12.4. The molecule has 3 rings (SSSR count). The molecule has 4 nitrogen and oxygen atoms in total. The minimum Gasteiger partial charge on any atom is -0.385 e. The van der Waals surface area contributed by atoms with Crippen molar-refractivity contribution in [3.05, 3.63) is 42.0 Å². The molecule has 1 aromatic carbocycles. The molecule has 0 unspecified atom stereocenters. The number of rotatable bonds is 5. The zero-order valence-electron chi connectivity index (χ0n) is 10.6. The lowest BCUT2D eigenvalue weighted by Crippen LogP contribution is -2.09. The van der Waals surface area contributed by atoms with Gasteiger partial charge in [-0.2, -0.15) is 0 Å². The van der Waals surface area contributed by atoms with Crippen LogP contribution in [-0.4, -0.2) is 21.3 Å². The first-order valence-corrected chi connectivity index (χ1v) is 6.52. The monoisotopic (exact) mass is 242 g/mol. The second-order valence-electron chi connectivity index (χ2n) is 4.93. The van der Waals surface area contributed by atoms with E-state index in [0.29, 0.717) is 6.04 Å². The van der Waals surface area contributed by atoms with E-state index in [4.69, 9.17) is 0 Å². The topological polar surface area (TPSA) is 42.7 Å². The molecule has 1 aliphatic carbocycles. The maximum Gasteiger partial charge on any atom is 0.134 e. The largest absolute Gasteiger partial charge is 0.385 e. The molecule has 1 N–H and O–H groups in total. The van der Waals surface area contributed by atoms with Crippen molar-refractivity contribution < 1.29 is 0 Å². The van der Waals surface area contributed by atoms with E-state index in [2.05, 4.69) is 51.3 Å². The molecule has 1 heterocycles. The van der Waals surface area contributed by atoms with Crippen molar-refractivity contribution in [3.63, 3.8) is 0 Å². The third-order valence-corrected chi connectivity index (χ3v) is 3.32. The number of hydrogen-bond acceptors (Lipinski definition) is 3. The molecule has 0 radical (unpaired) electrons. The Morgan fingerprint density at radius 3 is 2.78 bits per heavy atom. The van der Waals surface area contributed by atoms with Crippen LogP contribution < -0.4 is 5.32 Å². The lowest BCUT2D eigenvalue weighted by molar-refractivity contribution is 0.681. The van der Waals surface area contributed by atoms with E-state index >= 15 is 0 Å². The molecular weight excluding hydrogens is 224 g/mol. The fourth-order valence-electron chi connectivity index (χ4n) is 2.09. The fourth-order valence-corrected chi connectivity index (χ4v) is 2.09. The van der Waals surface area contributed by atoms with Crippen LogP contribution in [-0.2, 0) is 6.42 Å². The SMILES string of the molecule is Cc1ccc(NCCc2nncn2C2CC2)cc1. The summed E-state index contributed by atoms with van der Waals surface area (Å²) in [5, 5.41) is 11.6. The second kappa shape index (κ2) is 4.80. The summed E-state index contributed by atoms with van der Waals surface area (Å²) in [4.78, 5) is 0. The van der Waals surface area contributed by atoms with Crippen LogP contribution in [0.2, 0.25) is 0 Å². The first-order valence-electron chi connectivity index (χ1n) is 6.52. The molecule has 0 amide bonds. The van der Waals surface area contributed by atoms with E-state index in [1.54, 1.807) is 0 Å². The van der Waals surface area contributed by atoms with E-state index in [-0.39, 0.29) is 0 Å². The van der Waals surface area contributed by atoms with Crippen molar-refractivity contribution in [2.24, 2.45) is 0 Å². The Balaban J connectivity index is 1.55. The average molecular weight is 242 g/mol. The molecular formula is C14H18N4. The van der Waals surface area contributed by atoms with Gasteiger partial charge in [0.05, 0.1) is 0 Å². The Kier molecular flexibility index (Phi) is 3.00. The third-order valence-electron chi connectivity index (χ3n) is 3.32. The van der Waals surface area contributed by atoms with Gasteiger partial charge in [-0.25, -0.2) is 0 Å². The summed E-state index contributed by atoms with van der Waals surface area (Å²) < 4.78 is 2.22. The Hall–Kier alpha value is -1.84. The number of hydrogen-bond donors (Lipinski definition) is 1. The van der Waals surface area contributed by atoms with Crippen LogP contribution >= 0.6 is 0 Å². The maximum absolute atomic E-state index is 4.20. The molecule has 2 aromatic rings. The Labute approximate surface area is 107 Å². The summed E-state index contributed by atoms with van der Waals surface area (Å²) in [5.74, 6) is 1.09. The molecule has 1 saturated carbocycles. The van der Waals surface area contributed by atoms with Gasteiger partial charge in [-0.1, -0.05) is 17.7 Å². The summed E-state index contributed by atoms with van der Waals surface area (Å²) in [6, 6.07) is 9.13. The smallest absolute Gasteiger partial charge is 0.134 e. The third kappa shape index (κ3) is 2.53. The fraction of sp³-hybridized carbons (Fsp3) is 0.429. The number of aryl methyl sites for hydroxylation is 1. The number of nitrogens with zero attached hydrogens (tertiary/aromatic N) is 3. The normalized spacial score (nSPS) is 14.7. The van der Waals surface area contributed by atoms with Gasteiger partial charge in [-0.3, -0.25) is 0 Å². The molecule has 0 saturated heterocycles. The van der Waals surface area contributed by atoms with Crippen molar-refractivity contribution in [3.8, 4) is 0 Å². The lowest BCUT2D eigenvalue weighted by Gasteiger charge is -2.07. The summed E-state index contributed by atoms with van der Waals surface area (Å²) in [6.45, 7) is 3.00. The predicted molar refractivity (Wildman–Crippen MR) is 71.7 cm³/mol. The van der Waals surface area contributed by atoms with Crippen molar-refractivity contribution in [2.75, 3.05) is 11.9 Å². The Bertz CT molecular complexity index is 511. The van der Waals surface area contributed by atoms with Gasteiger partial charge in [0.25, 0.3) is 0 Å². The highest BCUT2D eigenvalue weighted by atomic mass is 15.3.